The molecule has 1 aromatic heterocycles. The highest BCUT2D eigenvalue weighted by Crippen LogP contribution is 2.33. The molecule has 0 fully saturated rings. The SMILES string of the molecule is COc1ccc(NC(=S)N(CCc2cncn2Cc2ccc3c(c2)OCO3)Cc2cccc(Cl)c2Cl)cc1O. The van der Waals surface area contributed by atoms with Crippen LogP contribution < -0.4 is 19.5 Å². The summed E-state index contributed by atoms with van der Waals surface area (Å²) < 4.78 is 18.2. The first-order valence-electron chi connectivity index (χ1n) is 12.1. The first kappa shape index (κ1) is 26.9. The molecule has 0 saturated heterocycles. The van der Waals surface area contributed by atoms with Crippen molar-refractivity contribution in [1.29, 1.82) is 0 Å². The Bertz CT molecular complexity index is 1500. The van der Waals surface area contributed by atoms with Gasteiger partial charge in [-0.3, -0.25) is 0 Å². The van der Waals surface area contributed by atoms with Gasteiger partial charge in [-0.05, 0) is 53.7 Å². The zero-order chi connectivity index (χ0) is 27.4. The van der Waals surface area contributed by atoms with E-state index in [0.29, 0.717) is 52.6 Å². The molecule has 4 aromatic rings. The van der Waals surface area contributed by atoms with Crippen molar-refractivity contribution in [3.8, 4) is 23.0 Å². The largest absolute Gasteiger partial charge is 0.504 e. The van der Waals surface area contributed by atoms with E-state index in [9.17, 15) is 5.11 Å². The molecule has 0 radical (unpaired) electrons. The summed E-state index contributed by atoms with van der Waals surface area (Å²) in [6.07, 6.45) is 4.34. The van der Waals surface area contributed by atoms with E-state index in [2.05, 4.69) is 14.9 Å². The summed E-state index contributed by atoms with van der Waals surface area (Å²) in [5, 5.41) is 14.9. The summed E-state index contributed by atoms with van der Waals surface area (Å²) >= 11 is 18.6. The molecule has 1 aliphatic heterocycles. The van der Waals surface area contributed by atoms with Crippen LogP contribution in [0.25, 0.3) is 0 Å². The van der Waals surface area contributed by atoms with Gasteiger partial charge in [0.15, 0.2) is 28.1 Å². The molecule has 3 aromatic carbocycles. The number of nitrogens with one attached hydrogen (secondary N) is 1. The van der Waals surface area contributed by atoms with E-state index >= 15 is 0 Å². The van der Waals surface area contributed by atoms with Crippen LogP contribution >= 0.6 is 35.4 Å². The average Bonchev–Trinajstić information content (AvgIpc) is 3.58. The fraction of sp³-hybridized carbons (Fsp3) is 0.214. The highest BCUT2D eigenvalue weighted by Gasteiger charge is 2.17. The molecule has 0 saturated carbocycles. The summed E-state index contributed by atoms with van der Waals surface area (Å²) in [7, 11) is 1.50. The minimum atomic E-state index is 0.0159. The maximum absolute atomic E-state index is 10.2. The molecule has 0 amide bonds. The second-order valence-corrected chi connectivity index (χ2v) is 10.1. The number of hydrogen-bond acceptors (Lipinski definition) is 6. The standard InChI is InChI=1S/C28H26Cl2N4O4S/c1-36-24-8-6-20(12-23(24)35)32-28(39)33(15-19-3-2-4-22(29)27(19)30)10-9-21-13-31-16-34(21)14-18-5-7-25-26(11-18)38-17-37-25/h2-8,11-13,16,35H,9-10,14-15,17H2,1H3,(H,32,39). The van der Waals surface area contributed by atoms with Gasteiger partial charge >= 0.3 is 0 Å². The lowest BCUT2D eigenvalue weighted by atomic mass is 10.2. The van der Waals surface area contributed by atoms with Gasteiger partial charge in [0.25, 0.3) is 0 Å². The molecule has 0 unspecified atom stereocenters. The number of nitrogens with zero attached hydrogens (tertiary/aromatic N) is 3. The Kier molecular flexibility index (Phi) is 8.30. The number of ether oxygens (including phenoxy) is 3. The van der Waals surface area contributed by atoms with Crippen molar-refractivity contribution in [2.45, 2.75) is 19.5 Å². The topological polar surface area (TPSA) is 81.0 Å². The quantitative estimate of drug-likeness (QED) is 0.228. The van der Waals surface area contributed by atoms with Crippen LogP contribution in [0.5, 0.6) is 23.0 Å². The molecule has 0 bridgehead atoms. The molecule has 2 N–H and O–H groups in total. The van der Waals surface area contributed by atoms with Crippen molar-refractivity contribution in [1.82, 2.24) is 14.5 Å². The number of fused-ring (bicyclic) bond motifs is 1. The zero-order valence-corrected chi connectivity index (χ0v) is 23.4. The van der Waals surface area contributed by atoms with Crippen molar-refractivity contribution in [2.75, 3.05) is 25.8 Å². The van der Waals surface area contributed by atoms with Gasteiger partial charge in [-0.25, -0.2) is 4.98 Å². The third-order valence-corrected chi connectivity index (χ3v) is 7.55. The number of imidazole rings is 1. The molecule has 39 heavy (non-hydrogen) atoms. The van der Waals surface area contributed by atoms with Crippen molar-refractivity contribution < 1.29 is 19.3 Å². The minimum absolute atomic E-state index is 0.0159. The molecule has 0 atom stereocenters. The Morgan fingerprint density at radius 2 is 2.00 bits per heavy atom. The number of aromatic nitrogens is 2. The highest BCUT2D eigenvalue weighted by molar-refractivity contribution is 7.80. The lowest BCUT2D eigenvalue weighted by Gasteiger charge is -2.27. The number of rotatable bonds is 9. The second kappa shape index (κ2) is 12.0. The van der Waals surface area contributed by atoms with Crippen LogP contribution in [0.15, 0.2) is 67.1 Å². The van der Waals surface area contributed by atoms with Gasteiger partial charge in [0.1, 0.15) is 0 Å². The Balaban J connectivity index is 1.33. The number of thiocarbonyl (C=S) groups is 1. The molecule has 0 aliphatic carbocycles. The lowest BCUT2D eigenvalue weighted by Crippen LogP contribution is -2.36. The van der Waals surface area contributed by atoms with Crippen molar-refractivity contribution >= 4 is 46.2 Å². The van der Waals surface area contributed by atoms with Crippen molar-refractivity contribution in [2.24, 2.45) is 0 Å². The molecule has 11 heteroatoms. The summed E-state index contributed by atoms with van der Waals surface area (Å²) in [6, 6.07) is 16.5. The van der Waals surface area contributed by atoms with Gasteiger partial charge in [-0.15, -0.1) is 0 Å². The predicted octanol–water partition coefficient (Wildman–Crippen LogP) is 6.12. The summed E-state index contributed by atoms with van der Waals surface area (Å²) in [6.45, 7) is 1.89. The van der Waals surface area contributed by atoms with Crippen molar-refractivity contribution in [3.05, 3.63) is 94.0 Å². The van der Waals surface area contributed by atoms with Gasteiger partial charge in [0.2, 0.25) is 6.79 Å². The van der Waals surface area contributed by atoms with Crippen LogP contribution in [0.1, 0.15) is 16.8 Å². The Labute approximate surface area is 241 Å². The number of methoxy groups -OCH3 is 1. The van der Waals surface area contributed by atoms with E-state index in [1.807, 2.05) is 47.8 Å². The fourth-order valence-corrected chi connectivity index (χ4v) is 4.94. The van der Waals surface area contributed by atoms with Crippen LogP contribution in [-0.2, 0) is 19.5 Å². The number of phenolic OH excluding ortho intramolecular Hbond substituents is 1. The van der Waals surface area contributed by atoms with Gasteiger partial charge in [-0.2, -0.15) is 0 Å². The van der Waals surface area contributed by atoms with E-state index < -0.39 is 0 Å². The monoisotopic (exact) mass is 584 g/mol. The van der Waals surface area contributed by atoms with Crippen LogP contribution in [0.3, 0.4) is 0 Å². The van der Waals surface area contributed by atoms with Gasteiger partial charge < -0.3 is 34.1 Å². The smallest absolute Gasteiger partial charge is 0.231 e. The Morgan fingerprint density at radius 1 is 1.15 bits per heavy atom. The number of phenols is 1. The number of aromatic hydroxyl groups is 1. The fourth-order valence-electron chi connectivity index (χ4n) is 4.28. The lowest BCUT2D eigenvalue weighted by molar-refractivity contribution is 0.174. The molecular formula is C28H26Cl2N4O4S. The average molecular weight is 586 g/mol. The Morgan fingerprint density at radius 3 is 2.82 bits per heavy atom. The molecule has 2 heterocycles. The maximum Gasteiger partial charge on any atom is 0.231 e. The molecule has 1 aliphatic rings. The highest BCUT2D eigenvalue weighted by atomic mass is 35.5. The molecule has 0 spiro atoms. The molecule has 8 nitrogen and oxygen atoms in total. The number of hydrogen-bond donors (Lipinski definition) is 2. The van der Waals surface area contributed by atoms with E-state index in [-0.39, 0.29) is 12.5 Å². The normalized spacial score (nSPS) is 11.9. The van der Waals surface area contributed by atoms with Crippen LogP contribution in [-0.4, -0.2) is 45.1 Å². The maximum atomic E-state index is 10.2. The molecule has 202 valence electrons. The number of benzene rings is 3. The Hall–Kier alpha value is -3.66. The predicted molar refractivity (Wildman–Crippen MR) is 155 cm³/mol. The first-order chi connectivity index (χ1) is 18.9. The van der Waals surface area contributed by atoms with E-state index in [0.717, 1.165) is 28.3 Å². The van der Waals surface area contributed by atoms with Crippen LogP contribution in [0.4, 0.5) is 5.69 Å². The zero-order valence-electron chi connectivity index (χ0n) is 21.1. The third-order valence-electron chi connectivity index (χ3n) is 6.34. The third kappa shape index (κ3) is 6.33. The van der Waals surface area contributed by atoms with Crippen LogP contribution in [0.2, 0.25) is 10.0 Å². The number of halogens is 2. The van der Waals surface area contributed by atoms with E-state index in [1.54, 1.807) is 24.3 Å². The minimum Gasteiger partial charge on any atom is -0.504 e. The van der Waals surface area contributed by atoms with Crippen LogP contribution in [0, 0.1) is 0 Å². The van der Waals surface area contributed by atoms with Crippen molar-refractivity contribution in [3.63, 3.8) is 0 Å². The van der Waals surface area contributed by atoms with Gasteiger partial charge in [0.05, 0.1) is 23.5 Å². The van der Waals surface area contributed by atoms with E-state index in [1.165, 1.54) is 7.11 Å². The first-order valence-corrected chi connectivity index (χ1v) is 13.3. The van der Waals surface area contributed by atoms with Gasteiger partial charge in [0, 0.05) is 49.7 Å². The summed E-state index contributed by atoms with van der Waals surface area (Å²) in [4.78, 5) is 6.38. The summed E-state index contributed by atoms with van der Waals surface area (Å²) in [5.41, 5.74) is 3.60. The summed E-state index contributed by atoms with van der Waals surface area (Å²) in [5.74, 6) is 1.90. The van der Waals surface area contributed by atoms with Gasteiger partial charge in [-0.1, -0.05) is 41.4 Å². The molecule has 5 rings (SSSR count). The molecular weight excluding hydrogens is 559 g/mol. The van der Waals surface area contributed by atoms with E-state index in [4.69, 9.17) is 49.6 Å². The number of anilines is 1. The second-order valence-electron chi connectivity index (χ2n) is 8.90.